The van der Waals surface area contributed by atoms with Gasteiger partial charge in [0.25, 0.3) is 5.91 Å². The third kappa shape index (κ3) is 22.4. The van der Waals surface area contributed by atoms with Crippen LogP contribution >= 0.6 is 0 Å². The highest BCUT2D eigenvalue weighted by atomic mass is 16.6. The number of carbonyl (C=O) groups excluding carboxylic acids is 12. The van der Waals surface area contributed by atoms with Crippen molar-refractivity contribution in [2.45, 2.75) is 186 Å². The van der Waals surface area contributed by atoms with Crippen LogP contribution in [0.5, 0.6) is 0 Å². The molecule has 1 aliphatic heterocycles. The summed E-state index contributed by atoms with van der Waals surface area (Å²) < 4.78 is 11.7. The van der Waals surface area contributed by atoms with Gasteiger partial charge < -0.3 is 78.5 Å². The lowest BCUT2D eigenvalue weighted by Crippen LogP contribution is -2.63. The molecule has 31 heteroatoms. The zero-order valence-corrected chi connectivity index (χ0v) is 62.8. The highest BCUT2D eigenvalue weighted by molar-refractivity contribution is 5.99. The van der Waals surface area contributed by atoms with Crippen molar-refractivity contribution in [3.63, 3.8) is 0 Å². The van der Waals surface area contributed by atoms with Crippen molar-refractivity contribution >= 4 is 77.2 Å². The molecular formula is C78H103N15O16. The number of hydrogen-bond donors (Lipinski definition) is 14. The Kier molecular flexibility index (Phi) is 30.3. The van der Waals surface area contributed by atoms with Crippen LogP contribution < -0.4 is 64.6 Å². The van der Waals surface area contributed by atoms with E-state index < -0.39 is 163 Å². The number of aromatic amines is 1. The van der Waals surface area contributed by atoms with Crippen LogP contribution in [0.3, 0.4) is 0 Å². The number of H-pyrrole nitrogens is 1. The largest absolute Gasteiger partial charge is 0.481 e. The topological polar surface area (TPSA) is 465 Å². The van der Waals surface area contributed by atoms with Gasteiger partial charge in [0.15, 0.2) is 6.17 Å². The number of alkyl carbamates (subject to hydrolysis) is 2. The third-order valence-corrected chi connectivity index (χ3v) is 19.9. The summed E-state index contributed by atoms with van der Waals surface area (Å²) in [6, 6.07) is 20.1. The Morgan fingerprint density at radius 1 is 0.569 bits per heavy atom. The fraction of sp³-hybridized carbons (Fsp3) is 0.487. The van der Waals surface area contributed by atoms with Gasteiger partial charge in [-0.1, -0.05) is 159 Å². The molecule has 12 amide bonds. The summed E-state index contributed by atoms with van der Waals surface area (Å²) in [4.78, 5) is 189. The lowest BCUT2D eigenvalue weighted by atomic mass is 9.96. The highest BCUT2D eigenvalue weighted by Gasteiger charge is 2.42. The number of fused-ring (bicyclic) bond motifs is 6. The zero-order valence-electron chi connectivity index (χ0n) is 62.8. The lowest BCUT2D eigenvalue weighted by Gasteiger charge is -2.32. The lowest BCUT2D eigenvalue weighted by molar-refractivity contribution is -0.144. The van der Waals surface area contributed by atoms with Crippen LogP contribution in [-0.2, 0) is 68.6 Å². The Hall–Kier alpha value is -11.2. The van der Waals surface area contributed by atoms with Crippen LogP contribution in [0.25, 0.3) is 22.3 Å². The first-order valence-corrected chi connectivity index (χ1v) is 37.2. The summed E-state index contributed by atoms with van der Waals surface area (Å²) in [6.45, 7) is 12.9. The zero-order chi connectivity index (χ0) is 79.2. The number of primary amides is 1. The molecule has 31 nitrogen and oxygen atoms in total. The van der Waals surface area contributed by atoms with Crippen LogP contribution in [-0.4, -0.2) is 185 Å². The molecule has 4 aromatic carbocycles. The number of unbranched alkanes of at least 4 members (excludes halogenated alkanes) is 1. The summed E-state index contributed by atoms with van der Waals surface area (Å²) in [5, 5.41) is 36.0. The number of carbonyl (C=O) groups is 13. The Labute approximate surface area is 633 Å². The van der Waals surface area contributed by atoms with Crippen molar-refractivity contribution in [3.05, 3.63) is 138 Å². The number of ether oxygens (including phenoxy) is 2. The average molecular weight is 1510 g/mol. The van der Waals surface area contributed by atoms with E-state index in [-0.39, 0.29) is 94.9 Å². The second-order valence-corrected chi connectivity index (χ2v) is 28.9. The molecular weight excluding hydrogens is 1400 g/mol. The minimum Gasteiger partial charge on any atom is -0.481 e. The van der Waals surface area contributed by atoms with Crippen LogP contribution in [0, 0.1) is 23.7 Å². The number of amides is 12. The van der Waals surface area contributed by atoms with Gasteiger partial charge in [-0.25, -0.2) is 14.6 Å². The van der Waals surface area contributed by atoms with E-state index in [0.717, 1.165) is 44.5 Å². The van der Waals surface area contributed by atoms with E-state index in [4.69, 9.17) is 20.9 Å². The first-order chi connectivity index (χ1) is 52.1. The maximum atomic E-state index is 14.9. The van der Waals surface area contributed by atoms with Crippen molar-refractivity contribution in [1.29, 1.82) is 0 Å². The number of carboxylic acids is 1. The van der Waals surface area contributed by atoms with Crippen LogP contribution in [0.2, 0.25) is 0 Å². The second kappa shape index (κ2) is 39.6. The number of likely N-dealkylation sites (tertiary alicyclic amines) is 1. The van der Waals surface area contributed by atoms with E-state index in [1.54, 1.807) is 55.4 Å². The van der Waals surface area contributed by atoms with E-state index >= 15 is 0 Å². The number of aliphatic carboxylic acids is 1. The van der Waals surface area contributed by atoms with Crippen molar-refractivity contribution in [2.24, 2.45) is 35.1 Å². The molecule has 1 aromatic heterocycles. The van der Waals surface area contributed by atoms with Crippen molar-refractivity contribution in [1.82, 2.24) is 68.0 Å². The number of hydrogen-bond acceptors (Lipinski definition) is 17. The summed E-state index contributed by atoms with van der Waals surface area (Å²) in [5.74, 6) is -12.4. The van der Waals surface area contributed by atoms with Gasteiger partial charge in [-0.3, -0.25) is 63.4 Å². The average Bonchev–Trinajstić information content (AvgIpc) is 1.62. The predicted octanol–water partition coefficient (Wildman–Crippen LogP) is 3.74. The van der Waals surface area contributed by atoms with E-state index in [1.807, 2.05) is 97.1 Å². The molecule has 2 aliphatic carbocycles. The molecule has 1 saturated heterocycles. The smallest absolute Gasteiger partial charge is 0.409 e. The second-order valence-electron chi connectivity index (χ2n) is 28.9. The number of benzene rings is 4. The Bertz CT molecular complexity index is 3870. The molecule has 1 fully saturated rings. The fourth-order valence-electron chi connectivity index (χ4n) is 13.9. The number of nitrogens with zero attached hydrogens (tertiary/aromatic N) is 2. The van der Waals surface area contributed by atoms with Crippen molar-refractivity contribution in [3.8, 4) is 22.3 Å². The van der Waals surface area contributed by atoms with Crippen LogP contribution in [0.4, 0.5) is 9.59 Å². The summed E-state index contributed by atoms with van der Waals surface area (Å²) >= 11 is 0. The van der Waals surface area contributed by atoms with Gasteiger partial charge >= 0.3 is 18.2 Å². The third-order valence-electron chi connectivity index (χ3n) is 19.9. The van der Waals surface area contributed by atoms with Crippen LogP contribution in [0.1, 0.15) is 153 Å². The molecule has 16 N–H and O–H groups in total. The quantitative estimate of drug-likeness (QED) is 0.0197. The Morgan fingerprint density at radius 2 is 1.07 bits per heavy atom. The van der Waals surface area contributed by atoms with Gasteiger partial charge in [-0.15, -0.1) is 0 Å². The molecule has 3 aliphatic rings. The van der Waals surface area contributed by atoms with Crippen LogP contribution in [0.15, 0.2) is 110 Å². The molecule has 586 valence electrons. The molecule has 2 heterocycles. The van der Waals surface area contributed by atoms with E-state index in [1.165, 1.54) is 17.4 Å². The first-order valence-electron chi connectivity index (χ1n) is 37.2. The van der Waals surface area contributed by atoms with E-state index in [9.17, 15) is 67.4 Å². The number of imidazole rings is 1. The monoisotopic (exact) mass is 1510 g/mol. The van der Waals surface area contributed by atoms with Gasteiger partial charge in [-0.2, -0.15) is 0 Å². The molecule has 5 aromatic rings. The summed E-state index contributed by atoms with van der Waals surface area (Å²) in [5.41, 5.74) is 19.3. The molecule has 0 unspecified atom stereocenters. The first kappa shape index (κ1) is 83.4. The maximum Gasteiger partial charge on any atom is 0.409 e. The highest BCUT2D eigenvalue weighted by Crippen LogP contribution is 2.46. The Balaban J connectivity index is 0.954. The van der Waals surface area contributed by atoms with Gasteiger partial charge in [0.05, 0.1) is 12.9 Å². The van der Waals surface area contributed by atoms with E-state index in [2.05, 4.69) is 63.1 Å². The fourth-order valence-corrected chi connectivity index (χ4v) is 13.9. The molecule has 8 rings (SSSR count). The van der Waals surface area contributed by atoms with Gasteiger partial charge in [-0.05, 0) is 120 Å². The predicted molar refractivity (Wildman–Crippen MR) is 401 cm³/mol. The molecule has 0 radical (unpaired) electrons. The number of aromatic nitrogens is 2. The molecule has 109 heavy (non-hydrogen) atoms. The van der Waals surface area contributed by atoms with Gasteiger partial charge in [0.2, 0.25) is 53.2 Å². The number of nitrogens with two attached hydrogens (primary N) is 2. The SMILES string of the molecule is CC[C@H](C)[C@H](NC(=O)C(NC(=O)OCC1c2ccccc2-c2ccccc21)NC(=O)OCC1c2ccccc2-c2ccccc21)C(=O)N[C@@H](CC(C)C)C(=O)N[C@@H](CCCCN)C(=O)N[C@@H](CCC(=O)O)C(=O)N1CCC[C@H]1C(=O)N[C@H](C(=O)N[C@@H](Cc1cnc[nH]1)C(=O)NCC(=O)N[C@H](C(N)=O)C(C)C)C(C)C. The summed E-state index contributed by atoms with van der Waals surface area (Å²) in [6.07, 6.45) is -1.29. The van der Waals surface area contributed by atoms with Crippen molar-refractivity contribution in [2.75, 3.05) is 32.8 Å². The van der Waals surface area contributed by atoms with Crippen molar-refractivity contribution < 1.29 is 76.9 Å². The minimum atomic E-state index is -1.91. The normalized spacial score (nSPS) is 15.8. The summed E-state index contributed by atoms with van der Waals surface area (Å²) in [7, 11) is 0. The number of rotatable bonds is 39. The standard InChI is InChI=1S/C78H103N15O16/c1-9-45(8)66(90-75(104)68(91-77(106)108-39-55-51-25-14-10-21-47(51)48-22-11-15-26-52(48)55)92-78(107)109-40-56-53-27-16-12-23-49(53)50-24-13-17-28-54(50)56)74(103)86-59(35-42(2)3)71(100)84-57(29-18-19-33-79)70(99)85-58(31-32-63(95)96)76(105)93-34-20-30-61(93)72(101)89-65(44(6)7)73(102)87-60(36-46-37-81-41-83-46)69(98)82-38-62(94)88-64(43(4)5)67(80)97/h10-17,21-28,37,41-45,55-61,64-66,68H,9,18-20,29-36,38-40,79H2,1-8H3,(H2,80,97)(H,81,83)(H,82,98)(H,84,100)(H,85,99)(H,86,103)(H,87,102)(H,88,94)(H,89,101)(H,90,104)(H,91,106)(H,92,107)(H,95,96)/t45-,57-,58-,59-,60-,61-,64-,65-,66-/m0/s1. The minimum absolute atomic E-state index is 0.0103. The van der Waals surface area contributed by atoms with E-state index in [0.29, 0.717) is 12.1 Å². The number of carboxylic acid groups (broad SMARTS) is 1. The molecule has 0 saturated carbocycles. The molecule has 0 spiro atoms. The van der Waals surface area contributed by atoms with Gasteiger partial charge in [0.1, 0.15) is 61.5 Å². The van der Waals surface area contributed by atoms with Gasteiger partial charge in [0, 0.05) is 43.1 Å². The molecule has 9 atom stereocenters. The maximum absolute atomic E-state index is 14.9. The Morgan fingerprint density at radius 3 is 1.56 bits per heavy atom. The molecule has 0 bridgehead atoms. The number of nitrogens with one attached hydrogen (secondary N) is 11.